The van der Waals surface area contributed by atoms with Gasteiger partial charge in [0.05, 0.1) is 7.11 Å². The predicted molar refractivity (Wildman–Crippen MR) is 117 cm³/mol. The Morgan fingerprint density at radius 3 is 2.62 bits per heavy atom. The molecule has 1 atom stereocenters. The zero-order chi connectivity index (χ0) is 20.5. The number of methoxy groups -OCH3 is 1. The molecule has 2 aliphatic rings. The minimum absolute atomic E-state index is 0.275. The highest BCUT2D eigenvalue weighted by Crippen LogP contribution is 2.27. The molecule has 3 rings (SSSR count). The summed E-state index contributed by atoms with van der Waals surface area (Å²) < 4.78 is 5.20. The highest BCUT2D eigenvalue weighted by Gasteiger charge is 2.32. The first-order valence-corrected chi connectivity index (χ1v) is 11.1. The molecule has 1 aliphatic heterocycles. The fraction of sp³-hybridized carbons (Fsp3) is 0.652. The van der Waals surface area contributed by atoms with E-state index in [0.29, 0.717) is 11.9 Å². The molecule has 1 amide bonds. The van der Waals surface area contributed by atoms with Crippen LogP contribution in [0.1, 0.15) is 50.5 Å². The van der Waals surface area contributed by atoms with Crippen LogP contribution in [0.4, 0.5) is 0 Å². The lowest BCUT2D eigenvalue weighted by atomic mass is 10.1. The molecule has 0 radical (unpaired) electrons. The van der Waals surface area contributed by atoms with Gasteiger partial charge in [0.15, 0.2) is 5.96 Å². The SMILES string of the molecule is CN=C(NCCCCc1ccc(OC)cc1)NC1CCN(C(=O)C2CCCC2)C1. The first kappa shape index (κ1) is 21.5. The van der Waals surface area contributed by atoms with Crippen molar-refractivity contribution >= 4 is 11.9 Å². The van der Waals surface area contributed by atoms with Crippen molar-refractivity contribution in [1.29, 1.82) is 0 Å². The van der Waals surface area contributed by atoms with Crippen LogP contribution >= 0.6 is 0 Å². The topological polar surface area (TPSA) is 66.0 Å². The second-order valence-electron chi connectivity index (χ2n) is 8.20. The number of amides is 1. The molecule has 0 spiro atoms. The Morgan fingerprint density at radius 1 is 1.17 bits per heavy atom. The number of unbranched alkanes of at least 4 members (excludes halogenated alkanes) is 1. The highest BCUT2D eigenvalue weighted by atomic mass is 16.5. The lowest BCUT2D eigenvalue weighted by Crippen LogP contribution is -2.45. The number of benzene rings is 1. The molecule has 160 valence electrons. The molecule has 1 aromatic carbocycles. The fourth-order valence-corrected chi connectivity index (χ4v) is 4.35. The quantitative estimate of drug-likeness (QED) is 0.400. The maximum Gasteiger partial charge on any atom is 0.225 e. The molecule has 1 unspecified atom stereocenters. The van der Waals surface area contributed by atoms with E-state index >= 15 is 0 Å². The Morgan fingerprint density at radius 2 is 1.93 bits per heavy atom. The number of aryl methyl sites for hydroxylation is 1. The Balaban J connectivity index is 1.31. The normalized spacial score (nSPS) is 20.1. The average molecular weight is 401 g/mol. The molecule has 2 fully saturated rings. The predicted octanol–water partition coefficient (Wildman–Crippen LogP) is 2.97. The van der Waals surface area contributed by atoms with Crippen molar-refractivity contribution < 1.29 is 9.53 Å². The van der Waals surface area contributed by atoms with Gasteiger partial charge in [-0.2, -0.15) is 0 Å². The molecular formula is C23H36N4O2. The molecule has 6 heteroatoms. The monoisotopic (exact) mass is 400 g/mol. The van der Waals surface area contributed by atoms with E-state index in [2.05, 4.69) is 32.7 Å². The molecule has 1 heterocycles. The molecular weight excluding hydrogens is 364 g/mol. The van der Waals surface area contributed by atoms with E-state index < -0.39 is 0 Å². The molecule has 6 nitrogen and oxygen atoms in total. The highest BCUT2D eigenvalue weighted by molar-refractivity contribution is 5.81. The van der Waals surface area contributed by atoms with Gasteiger partial charge in [-0.3, -0.25) is 9.79 Å². The second-order valence-corrected chi connectivity index (χ2v) is 8.20. The Labute approximate surface area is 175 Å². The molecule has 2 N–H and O–H groups in total. The smallest absolute Gasteiger partial charge is 0.225 e. The van der Waals surface area contributed by atoms with E-state index in [1.165, 1.54) is 18.4 Å². The summed E-state index contributed by atoms with van der Waals surface area (Å²) in [5, 5.41) is 6.91. The van der Waals surface area contributed by atoms with Crippen LogP contribution in [0.3, 0.4) is 0 Å². The molecule has 29 heavy (non-hydrogen) atoms. The van der Waals surface area contributed by atoms with E-state index in [1.807, 2.05) is 19.2 Å². The maximum absolute atomic E-state index is 12.6. The fourth-order valence-electron chi connectivity index (χ4n) is 4.35. The van der Waals surface area contributed by atoms with Crippen LogP contribution in [0.2, 0.25) is 0 Å². The summed E-state index contributed by atoms with van der Waals surface area (Å²) in [6, 6.07) is 8.59. The number of nitrogens with zero attached hydrogens (tertiary/aromatic N) is 2. The lowest BCUT2D eigenvalue weighted by Gasteiger charge is -2.21. The zero-order valence-electron chi connectivity index (χ0n) is 18.0. The molecule has 1 saturated heterocycles. The summed E-state index contributed by atoms with van der Waals surface area (Å²) >= 11 is 0. The summed E-state index contributed by atoms with van der Waals surface area (Å²) in [5.74, 6) is 2.39. The number of nitrogens with one attached hydrogen (secondary N) is 2. The van der Waals surface area contributed by atoms with Gasteiger partial charge in [-0.05, 0) is 56.2 Å². The van der Waals surface area contributed by atoms with Crippen LogP contribution in [0.15, 0.2) is 29.3 Å². The molecule has 0 bridgehead atoms. The van der Waals surface area contributed by atoms with Crippen LogP contribution in [0.5, 0.6) is 5.75 Å². The van der Waals surface area contributed by atoms with Gasteiger partial charge in [0.1, 0.15) is 5.75 Å². The van der Waals surface area contributed by atoms with Crippen molar-refractivity contribution in [3.8, 4) is 5.75 Å². The van der Waals surface area contributed by atoms with Crippen LogP contribution in [-0.2, 0) is 11.2 Å². The van der Waals surface area contributed by atoms with Crippen LogP contribution in [0, 0.1) is 5.92 Å². The van der Waals surface area contributed by atoms with Gasteiger partial charge >= 0.3 is 0 Å². The van der Waals surface area contributed by atoms with E-state index in [9.17, 15) is 4.79 Å². The van der Waals surface area contributed by atoms with E-state index in [0.717, 1.165) is 69.9 Å². The summed E-state index contributed by atoms with van der Waals surface area (Å²) in [5.41, 5.74) is 1.34. The molecule has 1 aromatic rings. The summed E-state index contributed by atoms with van der Waals surface area (Å²) in [6.45, 7) is 2.56. The van der Waals surface area contributed by atoms with Gasteiger partial charge in [-0.25, -0.2) is 0 Å². The van der Waals surface area contributed by atoms with E-state index in [1.54, 1.807) is 7.11 Å². The summed E-state index contributed by atoms with van der Waals surface area (Å²) in [7, 11) is 3.50. The van der Waals surface area contributed by atoms with E-state index in [4.69, 9.17) is 4.74 Å². The largest absolute Gasteiger partial charge is 0.497 e. The summed E-state index contributed by atoms with van der Waals surface area (Å²) in [6.07, 6.45) is 8.85. The number of hydrogen-bond donors (Lipinski definition) is 2. The van der Waals surface area contributed by atoms with Crippen LogP contribution in [-0.4, -0.2) is 56.6 Å². The number of carbonyl (C=O) groups excluding carboxylic acids is 1. The third kappa shape index (κ3) is 6.38. The summed E-state index contributed by atoms with van der Waals surface area (Å²) in [4.78, 5) is 19.0. The van der Waals surface area contributed by atoms with Gasteiger partial charge in [-0.1, -0.05) is 25.0 Å². The Hall–Kier alpha value is -2.24. The van der Waals surface area contributed by atoms with Gasteiger partial charge in [0.25, 0.3) is 0 Å². The van der Waals surface area contributed by atoms with Crippen molar-refractivity contribution in [2.45, 2.75) is 57.4 Å². The standard InChI is InChI=1S/C23H36N4O2/c1-24-23(25-15-6-5-7-18-10-12-21(29-2)13-11-18)26-20-14-16-27(17-20)22(28)19-8-3-4-9-19/h10-13,19-20H,3-9,14-17H2,1-2H3,(H2,24,25,26). The third-order valence-electron chi connectivity index (χ3n) is 6.11. The van der Waals surface area contributed by atoms with Gasteiger partial charge in [-0.15, -0.1) is 0 Å². The van der Waals surface area contributed by atoms with Crippen molar-refractivity contribution in [2.24, 2.45) is 10.9 Å². The molecule has 0 aromatic heterocycles. The van der Waals surface area contributed by atoms with Gasteiger partial charge in [0, 0.05) is 38.6 Å². The first-order chi connectivity index (χ1) is 14.2. The first-order valence-electron chi connectivity index (χ1n) is 11.1. The Bertz CT molecular complexity index is 668. The van der Waals surface area contributed by atoms with Crippen LogP contribution < -0.4 is 15.4 Å². The zero-order valence-corrected chi connectivity index (χ0v) is 18.0. The van der Waals surface area contributed by atoms with Gasteiger partial charge < -0.3 is 20.3 Å². The second kappa shape index (κ2) is 11.1. The Kier molecular flexibility index (Phi) is 8.20. The molecule has 1 aliphatic carbocycles. The maximum atomic E-state index is 12.6. The number of rotatable bonds is 8. The van der Waals surface area contributed by atoms with Crippen molar-refractivity contribution in [3.63, 3.8) is 0 Å². The number of hydrogen-bond acceptors (Lipinski definition) is 3. The van der Waals surface area contributed by atoms with E-state index in [-0.39, 0.29) is 5.92 Å². The minimum atomic E-state index is 0.275. The van der Waals surface area contributed by atoms with Gasteiger partial charge in [0.2, 0.25) is 5.91 Å². The third-order valence-corrected chi connectivity index (χ3v) is 6.11. The van der Waals surface area contributed by atoms with Crippen molar-refractivity contribution in [3.05, 3.63) is 29.8 Å². The van der Waals surface area contributed by atoms with Crippen molar-refractivity contribution in [1.82, 2.24) is 15.5 Å². The number of ether oxygens (including phenoxy) is 1. The number of likely N-dealkylation sites (tertiary alicyclic amines) is 1. The minimum Gasteiger partial charge on any atom is -0.497 e. The van der Waals surface area contributed by atoms with Crippen LogP contribution in [0.25, 0.3) is 0 Å². The lowest BCUT2D eigenvalue weighted by molar-refractivity contribution is -0.134. The number of aliphatic imine (C=N–C) groups is 1. The van der Waals surface area contributed by atoms with Crippen molar-refractivity contribution in [2.75, 3.05) is 33.8 Å². The number of carbonyl (C=O) groups is 1. The average Bonchev–Trinajstić information content (AvgIpc) is 3.45. The molecule has 1 saturated carbocycles. The number of guanidine groups is 1.